The van der Waals surface area contributed by atoms with E-state index in [1.165, 1.54) is 13.8 Å². The number of carboxylic acid groups (broad SMARTS) is 1. The van der Waals surface area contributed by atoms with Crippen LogP contribution in [0.4, 0.5) is 0 Å². The lowest BCUT2D eigenvalue weighted by Crippen LogP contribution is -2.58. The summed E-state index contributed by atoms with van der Waals surface area (Å²) < 4.78 is 0. The molecule has 2 aromatic carbocycles. The van der Waals surface area contributed by atoms with E-state index in [0.717, 1.165) is 5.56 Å². The lowest BCUT2D eigenvalue weighted by Gasteiger charge is -2.25. The molecule has 0 saturated heterocycles. The van der Waals surface area contributed by atoms with Crippen molar-refractivity contribution in [3.05, 3.63) is 71.8 Å². The Balaban J connectivity index is 2.16. The molecule has 0 bridgehead atoms. The van der Waals surface area contributed by atoms with E-state index in [2.05, 4.69) is 26.3 Å². The minimum Gasteiger partial charge on any atom is -0.480 e. The number of hydrogen-bond donors (Lipinski definition) is 8. The SMILES string of the molecule is C[C@H](N)C(=O)N[C@@H](Cc1ccccc1)C(=O)N[C@@H](CCCN=C(N)N)C(=O)N[C@@H](C)C(=O)N[C@@H](Cc1ccccc1)C(=O)O. The average molecular weight is 611 g/mol. The summed E-state index contributed by atoms with van der Waals surface area (Å²) in [6, 6.07) is 12.3. The zero-order valence-corrected chi connectivity index (χ0v) is 24.9. The van der Waals surface area contributed by atoms with E-state index in [-0.39, 0.29) is 31.8 Å². The fourth-order valence-corrected chi connectivity index (χ4v) is 4.13. The van der Waals surface area contributed by atoms with Crippen molar-refractivity contribution in [2.45, 2.75) is 69.7 Å². The maximum Gasteiger partial charge on any atom is 0.326 e. The minimum absolute atomic E-state index is 0.0436. The zero-order chi connectivity index (χ0) is 32.6. The molecule has 0 aliphatic heterocycles. The number of amides is 4. The van der Waals surface area contributed by atoms with Gasteiger partial charge in [-0.1, -0.05) is 60.7 Å². The molecule has 5 atom stereocenters. The summed E-state index contributed by atoms with van der Waals surface area (Å²) in [6.45, 7) is 3.05. The third-order valence-electron chi connectivity index (χ3n) is 6.56. The molecular weight excluding hydrogens is 568 g/mol. The van der Waals surface area contributed by atoms with Crippen molar-refractivity contribution in [2.75, 3.05) is 6.54 Å². The topological polar surface area (TPSA) is 244 Å². The third kappa shape index (κ3) is 12.5. The van der Waals surface area contributed by atoms with E-state index in [0.29, 0.717) is 12.0 Å². The number of carboxylic acids is 1. The van der Waals surface area contributed by atoms with Crippen LogP contribution < -0.4 is 38.5 Å². The van der Waals surface area contributed by atoms with E-state index in [1.54, 1.807) is 54.6 Å². The molecule has 0 fully saturated rings. The van der Waals surface area contributed by atoms with Crippen LogP contribution in [0.1, 0.15) is 37.8 Å². The highest BCUT2D eigenvalue weighted by atomic mass is 16.4. The number of carbonyl (C=O) groups excluding carboxylic acids is 4. The molecule has 2 aromatic rings. The number of aliphatic carboxylic acids is 1. The molecule has 0 aliphatic carbocycles. The van der Waals surface area contributed by atoms with Gasteiger partial charge in [0.1, 0.15) is 24.2 Å². The molecule has 238 valence electrons. The quantitative estimate of drug-likeness (QED) is 0.0615. The van der Waals surface area contributed by atoms with Crippen molar-refractivity contribution in [1.82, 2.24) is 21.3 Å². The van der Waals surface area contributed by atoms with Crippen LogP contribution in [-0.2, 0) is 36.8 Å². The molecule has 14 nitrogen and oxygen atoms in total. The molecule has 14 heteroatoms. The zero-order valence-electron chi connectivity index (χ0n) is 24.9. The van der Waals surface area contributed by atoms with Gasteiger partial charge in [0.05, 0.1) is 6.04 Å². The second-order valence-corrected chi connectivity index (χ2v) is 10.4. The Hall–Kier alpha value is -4.98. The largest absolute Gasteiger partial charge is 0.480 e. The molecule has 0 aromatic heterocycles. The van der Waals surface area contributed by atoms with Gasteiger partial charge < -0.3 is 43.6 Å². The Morgan fingerprint density at radius 1 is 0.705 bits per heavy atom. The summed E-state index contributed by atoms with van der Waals surface area (Å²) in [5, 5.41) is 19.9. The van der Waals surface area contributed by atoms with Crippen molar-refractivity contribution in [2.24, 2.45) is 22.2 Å². The predicted molar refractivity (Wildman–Crippen MR) is 165 cm³/mol. The average Bonchev–Trinajstić information content (AvgIpc) is 2.98. The molecule has 0 aliphatic rings. The van der Waals surface area contributed by atoms with Crippen LogP contribution in [0.25, 0.3) is 0 Å². The molecule has 0 unspecified atom stereocenters. The summed E-state index contributed by atoms with van der Waals surface area (Å²) in [6.07, 6.45) is 0.560. The number of nitrogens with one attached hydrogen (secondary N) is 4. The second-order valence-electron chi connectivity index (χ2n) is 10.4. The van der Waals surface area contributed by atoms with Gasteiger partial charge >= 0.3 is 5.97 Å². The minimum atomic E-state index is -1.23. The first-order valence-electron chi connectivity index (χ1n) is 14.2. The van der Waals surface area contributed by atoms with Gasteiger partial charge in [-0.05, 0) is 37.8 Å². The first-order chi connectivity index (χ1) is 20.9. The van der Waals surface area contributed by atoms with Crippen LogP contribution in [-0.4, -0.2) is 77.4 Å². The summed E-state index contributed by atoms with van der Waals surface area (Å²) in [4.78, 5) is 67.7. The van der Waals surface area contributed by atoms with Gasteiger partial charge in [-0.25, -0.2) is 4.79 Å². The highest BCUT2D eigenvalue weighted by molar-refractivity contribution is 5.95. The van der Waals surface area contributed by atoms with Crippen molar-refractivity contribution in [3.8, 4) is 0 Å². The van der Waals surface area contributed by atoms with Crippen LogP contribution in [0, 0.1) is 0 Å². The lowest BCUT2D eigenvalue weighted by molar-refractivity contribution is -0.142. The number of carbonyl (C=O) groups is 5. The molecule has 0 spiro atoms. The van der Waals surface area contributed by atoms with Gasteiger partial charge in [-0.3, -0.25) is 24.2 Å². The lowest BCUT2D eigenvalue weighted by atomic mass is 10.0. The summed E-state index contributed by atoms with van der Waals surface area (Å²) in [7, 11) is 0. The summed E-state index contributed by atoms with van der Waals surface area (Å²) >= 11 is 0. The van der Waals surface area contributed by atoms with Gasteiger partial charge in [0.2, 0.25) is 23.6 Å². The van der Waals surface area contributed by atoms with Crippen LogP contribution in [0.2, 0.25) is 0 Å². The number of benzene rings is 2. The normalized spacial score (nSPS) is 14.1. The monoisotopic (exact) mass is 610 g/mol. The number of nitrogens with zero attached hydrogens (tertiary/aromatic N) is 1. The standard InChI is InChI=1S/C30H42N8O6/c1-18(31)25(39)37-23(16-20-10-5-3-6-11-20)28(42)36-22(14-9-15-34-30(32)33)27(41)35-19(2)26(40)38-24(29(43)44)17-21-12-7-4-8-13-21/h3-8,10-13,18-19,22-24H,9,14-17,31H2,1-2H3,(H,35,41)(H,36,42)(H,37,39)(H,38,40)(H,43,44)(H4,32,33,34)/t18-,19-,22-,23-,24-/m0/s1. The predicted octanol–water partition coefficient (Wildman–Crippen LogP) is -1.08. The molecular formula is C30H42N8O6. The Morgan fingerprint density at radius 3 is 1.68 bits per heavy atom. The molecule has 0 radical (unpaired) electrons. The Labute approximate surface area is 256 Å². The second kappa shape index (κ2) is 17.9. The molecule has 2 rings (SSSR count). The van der Waals surface area contributed by atoms with Gasteiger partial charge in [0.15, 0.2) is 5.96 Å². The molecule has 11 N–H and O–H groups in total. The van der Waals surface area contributed by atoms with Gasteiger partial charge in [-0.2, -0.15) is 0 Å². The third-order valence-corrected chi connectivity index (χ3v) is 6.56. The van der Waals surface area contributed by atoms with Crippen molar-refractivity contribution < 1.29 is 29.1 Å². The van der Waals surface area contributed by atoms with Gasteiger partial charge in [0.25, 0.3) is 0 Å². The fourth-order valence-electron chi connectivity index (χ4n) is 4.13. The van der Waals surface area contributed by atoms with E-state index in [4.69, 9.17) is 17.2 Å². The van der Waals surface area contributed by atoms with Crippen molar-refractivity contribution in [1.29, 1.82) is 0 Å². The fraction of sp³-hybridized carbons (Fsp3) is 0.400. The Kier molecular flexibility index (Phi) is 14.3. The number of hydrogen-bond acceptors (Lipinski definition) is 7. The Bertz CT molecular complexity index is 1280. The highest BCUT2D eigenvalue weighted by Crippen LogP contribution is 2.07. The van der Waals surface area contributed by atoms with Crippen molar-refractivity contribution >= 4 is 35.6 Å². The van der Waals surface area contributed by atoms with E-state index >= 15 is 0 Å². The molecule has 0 heterocycles. The van der Waals surface area contributed by atoms with Crippen LogP contribution >= 0.6 is 0 Å². The van der Waals surface area contributed by atoms with Crippen molar-refractivity contribution in [3.63, 3.8) is 0 Å². The summed E-state index contributed by atoms with van der Waals surface area (Å²) in [5.74, 6) is -3.98. The van der Waals surface area contributed by atoms with Crippen LogP contribution in [0.5, 0.6) is 0 Å². The number of rotatable bonds is 17. The molecule has 4 amide bonds. The smallest absolute Gasteiger partial charge is 0.326 e. The molecule has 44 heavy (non-hydrogen) atoms. The molecule has 0 saturated carbocycles. The van der Waals surface area contributed by atoms with Crippen LogP contribution in [0.3, 0.4) is 0 Å². The number of guanidine groups is 1. The maximum atomic E-state index is 13.4. The van der Waals surface area contributed by atoms with Gasteiger partial charge in [0, 0.05) is 19.4 Å². The van der Waals surface area contributed by atoms with E-state index in [9.17, 15) is 29.1 Å². The van der Waals surface area contributed by atoms with E-state index in [1.807, 2.05) is 6.07 Å². The van der Waals surface area contributed by atoms with E-state index < -0.39 is 59.8 Å². The maximum absolute atomic E-state index is 13.4. The number of aliphatic imine (C=N–C) groups is 1. The van der Waals surface area contributed by atoms with Crippen LogP contribution in [0.15, 0.2) is 65.7 Å². The van der Waals surface area contributed by atoms with Gasteiger partial charge in [-0.15, -0.1) is 0 Å². The first-order valence-corrected chi connectivity index (χ1v) is 14.2. The first kappa shape index (κ1) is 35.2. The summed E-state index contributed by atoms with van der Waals surface area (Å²) in [5.41, 5.74) is 17.9. The Morgan fingerprint density at radius 2 is 1.18 bits per heavy atom. The number of nitrogens with two attached hydrogens (primary N) is 3. The highest BCUT2D eigenvalue weighted by Gasteiger charge is 2.30.